The number of methoxy groups -OCH3 is 1. The maximum absolute atomic E-state index is 5.83. The van der Waals surface area contributed by atoms with Gasteiger partial charge in [0.15, 0.2) is 5.82 Å². The van der Waals surface area contributed by atoms with E-state index >= 15 is 0 Å². The maximum atomic E-state index is 5.83. The van der Waals surface area contributed by atoms with Gasteiger partial charge < -0.3 is 19.8 Å². The third kappa shape index (κ3) is 3.08. The molecule has 20 heavy (non-hydrogen) atoms. The Hall–Kier alpha value is -2.08. The lowest BCUT2D eigenvalue weighted by molar-refractivity contribution is 0.287. The minimum absolute atomic E-state index is 0.376. The van der Waals surface area contributed by atoms with Crippen LogP contribution in [0, 0.1) is 6.92 Å². The number of hydrogen-bond acceptors (Lipinski definition) is 5. The summed E-state index contributed by atoms with van der Waals surface area (Å²) >= 11 is 0. The van der Waals surface area contributed by atoms with Crippen LogP contribution in [0.2, 0.25) is 0 Å². The second kappa shape index (κ2) is 6.38. The van der Waals surface area contributed by atoms with Crippen molar-refractivity contribution in [2.45, 2.75) is 20.0 Å². The molecule has 2 rings (SSSR count). The molecule has 1 aromatic heterocycles. The van der Waals surface area contributed by atoms with Crippen LogP contribution in [0.1, 0.15) is 17.2 Å². The van der Waals surface area contributed by atoms with Crippen LogP contribution in [0.3, 0.4) is 0 Å². The highest BCUT2D eigenvalue weighted by Gasteiger charge is 2.09. The van der Waals surface area contributed by atoms with E-state index in [-0.39, 0.29) is 0 Å². The minimum Gasteiger partial charge on any atom is -0.497 e. The molecule has 0 radical (unpaired) electrons. The molecule has 1 heterocycles. The number of benzene rings is 1. The lowest BCUT2D eigenvalue weighted by Crippen LogP contribution is -2.08. The van der Waals surface area contributed by atoms with Gasteiger partial charge in [0, 0.05) is 7.05 Å². The SMILES string of the molecule is COc1ccc(OCc2nnc(C)n2C)c(CCN)c1. The molecule has 0 atom stereocenters. The van der Waals surface area contributed by atoms with Crippen LogP contribution in [0.15, 0.2) is 18.2 Å². The van der Waals surface area contributed by atoms with E-state index in [2.05, 4.69) is 10.2 Å². The molecule has 0 amide bonds. The molecule has 0 unspecified atom stereocenters. The van der Waals surface area contributed by atoms with E-state index in [1.165, 1.54) is 0 Å². The summed E-state index contributed by atoms with van der Waals surface area (Å²) in [5, 5.41) is 8.09. The van der Waals surface area contributed by atoms with Crippen molar-refractivity contribution in [2.75, 3.05) is 13.7 Å². The number of nitrogens with two attached hydrogens (primary N) is 1. The molecule has 0 saturated heterocycles. The Morgan fingerprint density at radius 1 is 1.30 bits per heavy atom. The van der Waals surface area contributed by atoms with Crippen molar-refractivity contribution in [3.05, 3.63) is 35.4 Å². The number of rotatable bonds is 6. The van der Waals surface area contributed by atoms with Gasteiger partial charge in [-0.3, -0.25) is 0 Å². The van der Waals surface area contributed by atoms with E-state index in [4.69, 9.17) is 15.2 Å². The monoisotopic (exact) mass is 276 g/mol. The van der Waals surface area contributed by atoms with Gasteiger partial charge in [-0.2, -0.15) is 0 Å². The Morgan fingerprint density at radius 3 is 2.70 bits per heavy atom. The van der Waals surface area contributed by atoms with Crippen LogP contribution < -0.4 is 15.2 Å². The number of aromatic nitrogens is 3. The average molecular weight is 276 g/mol. The number of nitrogens with zero attached hydrogens (tertiary/aromatic N) is 3. The van der Waals surface area contributed by atoms with Crippen LogP contribution in [0.25, 0.3) is 0 Å². The molecular weight excluding hydrogens is 256 g/mol. The summed E-state index contributed by atoms with van der Waals surface area (Å²) in [4.78, 5) is 0. The number of ether oxygens (including phenoxy) is 2. The molecule has 6 nitrogen and oxygen atoms in total. The van der Waals surface area contributed by atoms with Crippen molar-refractivity contribution < 1.29 is 9.47 Å². The average Bonchev–Trinajstić information content (AvgIpc) is 2.78. The standard InChI is InChI=1S/C14H20N4O2/c1-10-16-17-14(18(10)2)9-20-13-5-4-12(19-3)8-11(13)6-7-15/h4-5,8H,6-7,9,15H2,1-3H3. The van der Waals surface area contributed by atoms with Crippen molar-refractivity contribution in [3.63, 3.8) is 0 Å². The molecule has 0 bridgehead atoms. The van der Waals surface area contributed by atoms with Gasteiger partial charge in [0.1, 0.15) is 23.9 Å². The zero-order chi connectivity index (χ0) is 14.5. The molecule has 6 heteroatoms. The smallest absolute Gasteiger partial charge is 0.170 e. The molecule has 2 aromatic rings. The molecule has 0 aliphatic carbocycles. The van der Waals surface area contributed by atoms with Gasteiger partial charge in [-0.25, -0.2) is 0 Å². The van der Waals surface area contributed by atoms with E-state index < -0.39 is 0 Å². The zero-order valence-electron chi connectivity index (χ0n) is 12.1. The van der Waals surface area contributed by atoms with E-state index in [1.54, 1.807) is 7.11 Å². The molecule has 108 valence electrons. The van der Waals surface area contributed by atoms with Crippen molar-refractivity contribution in [1.82, 2.24) is 14.8 Å². The third-order valence-corrected chi connectivity index (χ3v) is 3.22. The predicted molar refractivity (Wildman–Crippen MR) is 75.8 cm³/mol. The van der Waals surface area contributed by atoms with Crippen molar-refractivity contribution in [1.29, 1.82) is 0 Å². The lowest BCUT2D eigenvalue weighted by Gasteiger charge is -2.12. The fourth-order valence-electron chi connectivity index (χ4n) is 1.89. The predicted octanol–water partition coefficient (Wildman–Crippen LogP) is 1.21. The van der Waals surface area contributed by atoms with Gasteiger partial charge in [-0.1, -0.05) is 0 Å². The fourth-order valence-corrected chi connectivity index (χ4v) is 1.89. The minimum atomic E-state index is 0.376. The second-order valence-electron chi connectivity index (χ2n) is 4.52. The normalized spacial score (nSPS) is 10.6. The highest BCUT2D eigenvalue weighted by Crippen LogP contribution is 2.25. The lowest BCUT2D eigenvalue weighted by atomic mass is 10.1. The van der Waals surface area contributed by atoms with Crippen LogP contribution in [0.5, 0.6) is 11.5 Å². The Bertz CT molecular complexity index is 581. The molecular formula is C14H20N4O2. The van der Waals surface area contributed by atoms with Crippen LogP contribution in [0.4, 0.5) is 0 Å². The first-order valence-electron chi connectivity index (χ1n) is 6.50. The Kier molecular flexibility index (Phi) is 4.57. The molecule has 0 saturated carbocycles. The molecule has 0 aliphatic heterocycles. The van der Waals surface area contributed by atoms with Crippen LogP contribution in [-0.2, 0) is 20.1 Å². The van der Waals surface area contributed by atoms with Crippen molar-refractivity contribution in [3.8, 4) is 11.5 Å². The highest BCUT2D eigenvalue weighted by atomic mass is 16.5. The van der Waals surface area contributed by atoms with E-state index in [0.29, 0.717) is 13.2 Å². The van der Waals surface area contributed by atoms with Crippen molar-refractivity contribution in [2.24, 2.45) is 12.8 Å². The Labute approximate surface area is 118 Å². The second-order valence-corrected chi connectivity index (χ2v) is 4.52. The zero-order valence-corrected chi connectivity index (χ0v) is 12.1. The summed E-state index contributed by atoms with van der Waals surface area (Å²) in [6, 6.07) is 5.72. The fraction of sp³-hybridized carbons (Fsp3) is 0.429. The first-order chi connectivity index (χ1) is 9.65. The van der Waals surface area contributed by atoms with Gasteiger partial charge in [-0.15, -0.1) is 10.2 Å². The third-order valence-electron chi connectivity index (χ3n) is 3.22. The molecule has 2 N–H and O–H groups in total. The molecule has 0 aliphatic rings. The van der Waals surface area contributed by atoms with Gasteiger partial charge in [0.2, 0.25) is 0 Å². The van der Waals surface area contributed by atoms with Gasteiger partial charge in [0.25, 0.3) is 0 Å². The van der Waals surface area contributed by atoms with E-state index in [9.17, 15) is 0 Å². The summed E-state index contributed by atoms with van der Waals surface area (Å²) in [6.45, 7) is 2.84. The van der Waals surface area contributed by atoms with Crippen LogP contribution >= 0.6 is 0 Å². The largest absolute Gasteiger partial charge is 0.497 e. The van der Waals surface area contributed by atoms with Crippen LogP contribution in [-0.4, -0.2) is 28.4 Å². The maximum Gasteiger partial charge on any atom is 0.170 e. The topological polar surface area (TPSA) is 75.2 Å². The van der Waals surface area contributed by atoms with Gasteiger partial charge in [-0.05, 0) is 43.7 Å². The summed E-state index contributed by atoms with van der Waals surface area (Å²) in [6.07, 6.45) is 0.740. The number of aryl methyl sites for hydroxylation is 1. The van der Waals surface area contributed by atoms with Gasteiger partial charge in [0.05, 0.1) is 7.11 Å². The quantitative estimate of drug-likeness (QED) is 0.858. The highest BCUT2D eigenvalue weighted by molar-refractivity contribution is 5.40. The molecule has 1 aromatic carbocycles. The summed E-state index contributed by atoms with van der Waals surface area (Å²) < 4.78 is 13.0. The Balaban J connectivity index is 2.14. The number of hydrogen-bond donors (Lipinski definition) is 1. The summed E-state index contributed by atoms with van der Waals surface area (Å²) in [7, 11) is 3.56. The van der Waals surface area contributed by atoms with E-state index in [1.807, 2.05) is 36.7 Å². The summed E-state index contributed by atoms with van der Waals surface area (Å²) in [5.41, 5.74) is 6.67. The summed E-state index contributed by atoms with van der Waals surface area (Å²) in [5.74, 6) is 3.25. The molecule has 0 fully saturated rings. The Morgan fingerprint density at radius 2 is 2.10 bits per heavy atom. The van der Waals surface area contributed by atoms with Gasteiger partial charge >= 0.3 is 0 Å². The van der Waals surface area contributed by atoms with Crippen molar-refractivity contribution >= 4 is 0 Å². The first kappa shape index (κ1) is 14.3. The molecule has 0 spiro atoms. The first-order valence-corrected chi connectivity index (χ1v) is 6.50. The van der Waals surface area contributed by atoms with E-state index in [0.717, 1.165) is 35.1 Å².